The maximum absolute atomic E-state index is 4.80. The Bertz CT molecular complexity index is 4030. The van der Waals surface area contributed by atoms with E-state index < -0.39 is 0 Å². The van der Waals surface area contributed by atoms with Gasteiger partial charge in [0.1, 0.15) is 0 Å². The van der Waals surface area contributed by atoms with Crippen molar-refractivity contribution in [3.8, 4) is 58.8 Å². The Morgan fingerprint density at radius 3 is 0.616 bits per heavy atom. The van der Waals surface area contributed by atoms with Gasteiger partial charge in [-0.2, -0.15) is 0 Å². The number of anilines is 6. The summed E-state index contributed by atoms with van der Waals surface area (Å²) in [7, 11) is 0. The lowest BCUT2D eigenvalue weighted by Gasteiger charge is -2.25. The number of nitrogens with zero attached hydrogens (tertiary/aromatic N) is 4. The van der Waals surface area contributed by atoms with E-state index in [2.05, 4.69) is 239 Å². The molecule has 4 nitrogen and oxygen atoms in total. The number of hydrogen-bond acceptors (Lipinski definition) is 4. The van der Waals surface area contributed by atoms with E-state index in [1.54, 1.807) is 0 Å². The van der Waals surface area contributed by atoms with Crippen molar-refractivity contribution < 1.29 is 0 Å². The monoisotopic (exact) mass is 1090 g/mol. The first-order valence-electron chi connectivity index (χ1n) is 28.3. The highest BCUT2D eigenvalue weighted by atomic mass is 15.1. The third kappa shape index (κ3) is 14.5. The third-order valence-corrected chi connectivity index (χ3v) is 14.1. The molecule has 402 valence electrons. The van der Waals surface area contributed by atoms with Crippen molar-refractivity contribution in [1.29, 1.82) is 0 Å². The lowest BCUT2D eigenvalue weighted by molar-refractivity contribution is 1.24. The van der Waals surface area contributed by atoms with Crippen LogP contribution in [-0.4, -0.2) is 9.97 Å². The second kappa shape index (κ2) is 27.1. The minimum absolute atomic E-state index is 0.805. The van der Waals surface area contributed by atoms with Gasteiger partial charge >= 0.3 is 0 Å². The SMILES string of the molecule is C(#Cc1ccc(N(c2ccc(C#Cc3ccccc3)cc2)c2ccc(/C=C/c3ccc(-c4ccc(/C=C/c5ccc(N(c6ccc(C#Cc7ccccc7)cc6)c6ccc(C#Cc7ccccc7)cc6)cc5)cn4)nc3)cc2)cc1)c1ccccc1. The lowest BCUT2D eigenvalue weighted by Crippen LogP contribution is -2.09. The molecule has 0 aliphatic heterocycles. The van der Waals surface area contributed by atoms with E-state index in [4.69, 9.17) is 9.97 Å². The second-order valence-corrected chi connectivity index (χ2v) is 20.1. The summed E-state index contributed by atoms with van der Waals surface area (Å²) in [6.45, 7) is 0. The summed E-state index contributed by atoms with van der Waals surface area (Å²) in [5.74, 6) is 26.4. The average molecular weight is 1100 g/mol. The highest BCUT2D eigenvalue weighted by molar-refractivity contribution is 5.81. The molecule has 0 radical (unpaired) electrons. The lowest BCUT2D eigenvalue weighted by atomic mass is 10.1. The Hall–Kier alpha value is -12.2. The largest absolute Gasteiger partial charge is 0.311 e. The highest BCUT2D eigenvalue weighted by Gasteiger charge is 2.15. The summed E-state index contributed by atoms with van der Waals surface area (Å²) in [5, 5.41) is 0. The van der Waals surface area contributed by atoms with Gasteiger partial charge in [-0.05, 0) is 204 Å². The summed E-state index contributed by atoms with van der Waals surface area (Å²) in [5.41, 5.74) is 19.6. The zero-order chi connectivity index (χ0) is 58.0. The number of benzene rings is 10. The van der Waals surface area contributed by atoms with Gasteiger partial charge in [0.25, 0.3) is 0 Å². The molecule has 0 amide bonds. The quantitative estimate of drug-likeness (QED) is 0.121. The number of pyridine rings is 2. The summed E-state index contributed by atoms with van der Waals surface area (Å²) >= 11 is 0. The van der Waals surface area contributed by atoms with Crippen molar-refractivity contribution in [2.75, 3.05) is 9.80 Å². The molecular formula is C82H54N4. The van der Waals surface area contributed by atoms with E-state index in [1.165, 1.54) is 0 Å². The van der Waals surface area contributed by atoms with Gasteiger partial charge in [0.05, 0.1) is 11.4 Å². The minimum Gasteiger partial charge on any atom is -0.311 e. The van der Waals surface area contributed by atoms with E-state index in [9.17, 15) is 0 Å². The van der Waals surface area contributed by atoms with Crippen molar-refractivity contribution in [3.63, 3.8) is 0 Å². The van der Waals surface area contributed by atoms with Crippen LogP contribution in [0.5, 0.6) is 0 Å². The molecule has 0 saturated heterocycles. The predicted octanol–water partition coefficient (Wildman–Crippen LogP) is 19.0. The van der Waals surface area contributed by atoms with Crippen molar-refractivity contribution >= 4 is 58.4 Å². The van der Waals surface area contributed by atoms with Crippen molar-refractivity contribution in [2.45, 2.75) is 0 Å². The molecule has 10 aromatic carbocycles. The molecule has 86 heavy (non-hydrogen) atoms. The van der Waals surface area contributed by atoms with Gasteiger partial charge in [0.15, 0.2) is 0 Å². The highest BCUT2D eigenvalue weighted by Crippen LogP contribution is 2.37. The fourth-order valence-corrected chi connectivity index (χ4v) is 9.50. The first kappa shape index (κ1) is 54.4. The number of hydrogen-bond donors (Lipinski definition) is 0. The summed E-state index contributed by atoms with van der Waals surface area (Å²) < 4.78 is 0. The Balaban J connectivity index is 0.704. The Morgan fingerprint density at radius 1 is 0.198 bits per heavy atom. The summed E-state index contributed by atoms with van der Waals surface area (Å²) in [6.07, 6.45) is 12.2. The van der Waals surface area contributed by atoms with E-state index in [0.29, 0.717) is 0 Å². The first-order chi connectivity index (χ1) is 42.6. The number of rotatable bonds is 11. The van der Waals surface area contributed by atoms with Crippen LogP contribution in [0.25, 0.3) is 35.7 Å². The van der Waals surface area contributed by atoms with Crippen LogP contribution in [0.15, 0.2) is 304 Å². The fourth-order valence-electron chi connectivity index (χ4n) is 9.50. The molecule has 0 aliphatic rings. The maximum atomic E-state index is 4.80. The maximum Gasteiger partial charge on any atom is 0.0886 e. The van der Waals surface area contributed by atoms with Gasteiger partial charge < -0.3 is 9.80 Å². The molecule has 0 unspecified atom stereocenters. The van der Waals surface area contributed by atoms with Crippen molar-refractivity contribution in [2.24, 2.45) is 0 Å². The minimum atomic E-state index is 0.805. The van der Waals surface area contributed by atoms with Crippen LogP contribution in [0, 0.1) is 47.4 Å². The third-order valence-electron chi connectivity index (χ3n) is 14.1. The molecule has 2 aromatic heterocycles. The molecule has 0 aliphatic carbocycles. The molecule has 0 bridgehead atoms. The van der Waals surface area contributed by atoms with E-state index in [0.717, 1.165) is 112 Å². The first-order valence-corrected chi connectivity index (χ1v) is 28.3. The van der Waals surface area contributed by atoms with E-state index in [-0.39, 0.29) is 0 Å². The molecule has 0 N–H and O–H groups in total. The zero-order valence-corrected chi connectivity index (χ0v) is 47.0. The topological polar surface area (TPSA) is 32.3 Å². The molecule has 0 fully saturated rings. The molecule has 12 rings (SSSR count). The molecular weight excluding hydrogens is 1040 g/mol. The van der Waals surface area contributed by atoms with Crippen LogP contribution in [-0.2, 0) is 0 Å². The van der Waals surface area contributed by atoms with Gasteiger partial charge in [-0.1, -0.05) is 181 Å². The van der Waals surface area contributed by atoms with Gasteiger partial charge in [-0.25, -0.2) is 0 Å². The Morgan fingerprint density at radius 2 is 0.395 bits per heavy atom. The smallest absolute Gasteiger partial charge is 0.0886 e. The van der Waals surface area contributed by atoms with Crippen molar-refractivity contribution in [1.82, 2.24) is 9.97 Å². The predicted molar refractivity (Wildman–Crippen MR) is 357 cm³/mol. The van der Waals surface area contributed by atoms with Gasteiger partial charge in [0.2, 0.25) is 0 Å². The Kier molecular flexibility index (Phi) is 17.1. The van der Waals surface area contributed by atoms with Crippen LogP contribution >= 0.6 is 0 Å². The standard InChI is InChI=1S/C82H54N4/c1-5-13-63(14-6-1)21-25-67-33-47-75(48-34-67)85(76-49-35-68(36-50-76)26-22-64-15-7-2-8-16-64)79-55-41-71(42-56-79)29-31-73-45-59-81(83-61-73)82-60-46-74(62-84-82)32-30-72-43-57-80(58-44-72)86(77-51-37-69(38-52-77)27-23-65-17-9-3-10-18-65)78-53-39-70(40-54-78)28-24-66-19-11-4-12-20-66/h1-20,29-62H/b31-29+,32-30+. The molecule has 0 spiro atoms. The normalized spacial score (nSPS) is 10.6. The van der Waals surface area contributed by atoms with Crippen molar-refractivity contribution in [3.05, 3.63) is 370 Å². The molecule has 4 heteroatoms. The average Bonchev–Trinajstić information content (AvgIpc) is 3.25. The second-order valence-electron chi connectivity index (χ2n) is 20.1. The Labute approximate surface area is 504 Å². The molecule has 2 heterocycles. The van der Waals surface area contributed by atoms with E-state index in [1.807, 2.05) is 146 Å². The molecule has 0 saturated carbocycles. The molecule has 0 atom stereocenters. The summed E-state index contributed by atoms with van der Waals surface area (Å²) in [4.78, 5) is 14.1. The summed E-state index contributed by atoms with van der Waals surface area (Å²) in [6, 6.07) is 99.1. The van der Waals surface area contributed by atoms with Crippen LogP contribution in [0.1, 0.15) is 66.8 Å². The van der Waals surface area contributed by atoms with E-state index >= 15 is 0 Å². The molecule has 12 aromatic rings. The van der Waals surface area contributed by atoms with Crippen LogP contribution < -0.4 is 9.80 Å². The van der Waals surface area contributed by atoms with Crippen LogP contribution in [0.3, 0.4) is 0 Å². The van der Waals surface area contributed by atoms with Crippen LogP contribution in [0.4, 0.5) is 34.1 Å². The van der Waals surface area contributed by atoms with Gasteiger partial charge in [0, 0.05) is 91.0 Å². The fraction of sp³-hybridized carbons (Fsp3) is 0. The number of aromatic nitrogens is 2. The van der Waals surface area contributed by atoms with Crippen LogP contribution in [0.2, 0.25) is 0 Å². The zero-order valence-electron chi connectivity index (χ0n) is 47.0. The van der Waals surface area contributed by atoms with Gasteiger partial charge in [-0.3, -0.25) is 9.97 Å². The van der Waals surface area contributed by atoms with Gasteiger partial charge in [-0.15, -0.1) is 0 Å².